The van der Waals surface area contributed by atoms with Gasteiger partial charge in [0.1, 0.15) is 17.3 Å². The van der Waals surface area contributed by atoms with Crippen molar-refractivity contribution < 1.29 is 9.21 Å². The Balaban J connectivity index is 2.14. The van der Waals surface area contributed by atoms with E-state index in [2.05, 4.69) is 0 Å². The van der Waals surface area contributed by atoms with Gasteiger partial charge < -0.3 is 15.1 Å². The first kappa shape index (κ1) is 11.8. The second kappa shape index (κ2) is 4.41. The fraction of sp³-hybridized carbons (Fsp3) is 0.286. The molecular formula is C14H13N3O2. The number of nitriles is 1. The average Bonchev–Trinajstić information content (AvgIpc) is 2.98. The Morgan fingerprint density at radius 3 is 2.95 bits per heavy atom. The molecule has 1 aliphatic rings. The van der Waals surface area contributed by atoms with Crippen LogP contribution >= 0.6 is 0 Å². The van der Waals surface area contributed by atoms with E-state index >= 15 is 0 Å². The monoisotopic (exact) mass is 255 g/mol. The maximum Gasteiger partial charge on any atom is 0.228 e. The van der Waals surface area contributed by atoms with Crippen molar-refractivity contribution in [2.24, 2.45) is 11.7 Å². The van der Waals surface area contributed by atoms with E-state index in [1.54, 1.807) is 11.0 Å². The number of rotatable bonds is 2. The molecule has 1 aromatic carbocycles. The molecule has 5 nitrogen and oxygen atoms in total. The highest BCUT2D eigenvalue weighted by Crippen LogP contribution is 2.36. The molecule has 96 valence electrons. The summed E-state index contributed by atoms with van der Waals surface area (Å²) in [6, 6.07) is 9.38. The number of fused-ring (bicyclic) bond motifs is 1. The molecule has 5 heteroatoms. The summed E-state index contributed by atoms with van der Waals surface area (Å²) in [5, 5.41) is 9.98. The minimum absolute atomic E-state index is 0.00139. The maximum atomic E-state index is 12.1. The topological polar surface area (TPSA) is 83.3 Å². The third kappa shape index (κ3) is 1.77. The van der Waals surface area contributed by atoms with Gasteiger partial charge in [-0.3, -0.25) is 4.79 Å². The molecule has 1 saturated heterocycles. The Hall–Kier alpha value is -2.32. The molecule has 0 aliphatic carbocycles. The summed E-state index contributed by atoms with van der Waals surface area (Å²) >= 11 is 0. The van der Waals surface area contributed by atoms with Crippen molar-refractivity contribution in [1.29, 1.82) is 5.26 Å². The Labute approximate surface area is 110 Å². The zero-order valence-electron chi connectivity index (χ0n) is 10.3. The van der Waals surface area contributed by atoms with Crippen LogP contribution in [0.1, 0.15) is 12.2 Å². The second-order valence-electron chi connectivity index (χ2n) is 4.70. The lowest BCUT2D eigenvalue weighted by Gasteiger charge is -2.15. The smallest absolute Gasteiger partial charge is 0.228 e. The number of hydrogen-bond donors (Lipinski definition) is 1. The standard InChI is InChI=1S/C14H13N3O2/c15-6-9-5-13(18)17(8-9)14-10-3-1-2-4-11(10)19-12(14)7-16/h1-4,9H,5-6,8,15H2. The van der Waals surface area contributed by atoms with E-state index in [-0.39, 0.29) is 17.6 Å². The normalized spacial score (nSPS) is 19.1. The molecule has 1 fully saturated rings. The average molecular weight is 255 g/mol. The molecule has 19 heavy (non-hydrogen) atoms. The van der Waals surface area contributed by atoms with Crippen molar-refractivity contribution in [2.75, 3.05) is 18.0 Å². The summed E-state index contributed by atoms with van der Waals surface area (Å²) in [4.78, 5) is 13.7. The van der Waals surface area contributed by atoms with Crippen molar-refractivity contribution in [3.63, 3.8) is 0 Å². The van der Waals surface area contributed by atoms with Crippen LogP contribution in [0, 0.1) is 17.2 Å². The minimum atomic E-state index is -0.00139. The largest absolute Gasteiger partial charge is 0.443 e. The molecule has 0 bridgehead atoms. The number of hydrogen-bond acceptors (Lipinski definition) is 4. The molecule has 1 unspecified atom stereocenters. The van der Waals surface area contributed by atoms with Gasteiger partial charge in [0.15, 0.2) is 0 Å². The van der Waals surface area contributed by atoms with Crippen LogP contribution in [-0.4, -0.2) is 19.0 Å². The number of carbonyl (C=O) groups is 1. The van der Waals surface area contributed by atoms with Crippen LogP contribution in [0.15, 0.2) is 28.7 Å². The molecule has 1 amide bonds. The van der Waals surface area contributed by atoms with Crippen LogP contribution in [0.5, 0.6) is 0 Å². The quantitative estimate of drug-likeness (QED) is 0.883. The van der Waals surface area contributed by atoms with Gasteiger partial charge in [0.05, 0.1) is 0 Å². The Kier molecular flexibility index (Phi) is 2.73. The SMILES string of the molecule is N#Cc1oc2ccccc2c1N1CC(CN)CC1=O. The van der Waals surface area contributed by atoms with Crippen molar-refractivity contribution in [3.05, 3.63) is 30.0 Å². The summed E-state index contributed by atoms with van der Waals surface area (Å²) in [5.41, 5.74) is 6.83. The van der Waals surface area contributed by atoms with Crippen molar-refractivity contribution in [3.8, 4) is 6.07 Å². The van der Waals surface area contributed by atoms with Crippen LogP contribution < -0.4 is 10.6 Å². The van der Waals surface area contributed by atoms with Gasteiger partial charge in [0.2, 0.25) is 11.7 Å². The number of nitrogens with two attached hydrogens (primary N) is 1. The molecule has 2 N–H and O–H groups in total. The predicted octanol–water partition coefficient (Wildman–Crippen LogP) is 1.62. The first-order valence-electron chi connectivity index (χ1n) is 6.16. The molecular weight excluding hydrogens is 242 g/mol. The third-order valence-corrected chi connectivity index (χ3v) is 3.48. The van der Waals surface area contributed by atoms with Crippen LogP contribution in [0.2, 0.25) is 0 Å². The molecule has 0 radical (unpaired) electrons. The summed E-state index contributed by atoms with van der Waals surface area (Å²) in [5.74, 6) is 0.332. The summed E-state index contributed by atoms with van der Waals surface area (Å²) in [7, 11) is 0. The highest BCUT2D eigenvalue weighted by atomic mass is 16.3. The molecule has 0 saturated carbocycles. The van der Waals surface area contributed by atoms with E-state index < -0.39 is 0 Å². The molecule has 2 heterocycles. The Morgan fingerprint density at radius 2 is 2.26 bits per heavy atom. The van der Waals surface area contributed by atoms with Crippen LogP contribution in [0.25, 0.3) is 11.0 Å². The van der Waals surface area contributed by atoms with Crippen LogP contribution in [0.3, 0.4) is 0 Å². The van der Waals surface area contributed by atoms with Gasteiger partial charge in [0.25, 0.3) is 0 Å². The van der Waals surface area contributed by atoms with Gasteiger partial charge in [-0.15, -0.1) is 0 Å². The highest BCUT2D eigenvalue weighted by molar-refractivity contribution is 6.05. The third-order valence-electron chi connectivity index (χ3n) is 3.48. The number of benzene rings is 1. The van der Waals surface area contributed by atoms with Gasteiger partial charge in [0, 0.05) is 18.4 Å². The van der Waals surface area contributed by atoms with Gasteiger partial charge >= 0.3 is 0 Å². The fourth-order valence-corrected chi connectivity index (χ4v) is 2.53. The summed E-state index contributed by atoms with van der Waals surface area (Å²) < 4.78 is 5.49. The first-order chi connectivity index (χ1) is 9.24. The molecule has 1 aliphatic heterocycles. The number of para-hydroxylation sites is 1. The number of anilines is 1. The lowest BCUT2D eigenvalue weighted by atomic mass is 10.1. The van der Waals surface area contributed by atoms with Gasteiger partial charge in [-0.2, -0.15) is 5.26 Å². The number of amides is 1. The Morgan fingerprint density at radius 1 is 1.47 bits per heavy atom. The summed E-state index contributed by atoms with van der Waals surface area (Å²) in [6.45, 7) is 1.02. The predicted molar refractivity (Wildman–Crippen MR) is 70.4 cm³/mol. The second-order valence-corrected chi connectivity index (χ2v) is 4.70. The van der Waals surface area contributed by atoms with Crippen molar-refractivity contribution in [1.82, 2.24) is 0 Å². The Bertz CT molecular complexity index is 684. The van der Waals surface area contributed by atoms with E-state index in [0.29, 0.717) is 30.8 Å². The lowest BCUT2D eigenvalue weighted by molar-refractivity contribution is -0.117. The lowest BCUT2D eigenvalue weighted by Crippen LogP contribution is -2.26. The van der Waals surface area contributed by atoms with Crippen molar-refractivity contribution in [2.45, 2.75) is 6.42 Å². The molecule has 0 spiro atoms. The molecule has 2 aromatic rings. The zero-order chi connectivity index (χ0) is 13.4. The molecule has 1 atom stereocenters. The van der Waals surface area contributed by atoms with Crippen LogP contribution in [-0.2, 0) is 4.79 Å². The minimum Gasteiger partial charge on any atom is -0.443 e. The molecule has 1 aromatic heterocycles. The fourth-order valence-electron chi connectivity index (χ4n) is 2.53. The molecule has 3 rings (SSSR count). The van der Waals surface area contributed by atoms with E-state index in [9.17, 15) is 10.1 Å². The summed E-state index contributed by atoms with van der Waals surface area (Å²) in [6.07, 6.45) is 0.431. The number of furan rings is 1. The van der Waals surface area contributed by atoms with Crippen LogP contribution in [0.4, 0.5) is 5.69 Å². The highest BCUT2D eigenvalue weighted by Gasteiger charge is 2.33. The van der Waals surface area contributed by atoms with E-state index in [1.165, 1.54) is 0 Å². The number of carbonyl (C=O) groups excluding carboxylic acids is 1. The van der Waals surface area contributed by atoms with E-state index in [4.69, 9.17) is 10.2 Å². The zero-order valence-corrected chi connectivity index (χ0v) is 10.3. The first-order valence-corrected chi connectivity index (χ1v) is 6.16. The van der Waals surface area contributed by atoms with Gasteiger partial charge in [-0.1, -0.05) is 12.1 Å². The van der Waals surface area contributed by atoms with Gasteiger partial charge in [-0.05, 0) is 24.6 Å². The number of nitrogens with zero attached hydrogens (tertiary/aromatic N) is 2. The van der Waals surface area contributed by atoms with Crippen molar-refractivity contribution >= 4 is 22.6 Å². The van der Waals surface area contributed by atoms with E-state index in [0.717, 1.165) is 5.39 Å². The van der Waals surface area contributed by atoms with Gasteiger partial charge in [-0.25, -0.2) is 0 Å². The maximum absolute atomic E-state index is 12.1. The van der Waals surface area contributed by atoms with E-state index in [1.807, 2.05) is 24.3 Å².